The second-order valence-corrected chi connectivity index (χ2v) is 5.29. The van der Waals surface area contributed by atoms with Gasteiger partial charge in [0.05, 0.1) is 6.33 Å². The number of halogens is 6. The van der Waals surface area contributed by atoms with E-state index >= 15 is 0 Å². The van der Waals surface area contributed by atoms with Gasteiger partial charge in [0.15, 0.2) is 5.69 Å². The molecule has 1 aromatic heterocycles. The van der Waals surface area contributed by atoms with Crippen LogP contribution in [0.25, 0.3) is 16.8 Å². The number of hydrogen-bond acceptors (Lipinski definition) is 2. The molecule has 0 bridgehead atoms. The topological polar surface area (TPSA) is 27.1 Å². The van der Waals surface area contributed by atoms with E-state index in [2.05, 4.69) is 9.72 Å². The second kappa shape index (κ2) is 6.40. The number of benzene rings is 2. The van der Waals surface area contributed by atoms with E-state index in [1.165, 1.54) is 16.7 Å². The molecule has 0 amide bonds. The number of rotatable bonds is 3. The van der Waals surface area contributed by atoms with E-state index in [1.54, 1.807) is 24.3 Å². The number of hydrogen-bond donors (Lipinski definition) is 0. The number of aromatic nitrogens is 2. The average Bonchev–Trinajstić information content (AvgIpc) is 3.04. The van der Waals surface area contributed by atoms with Gasteiger partial charge in [-0.25, -0.2) is 4.98 Å². The highest BCUT2D eigenvalue weighted by Gasteiger charge is 2.33. The van der Waals surface area contributed by atoms with Crippen molar-refractivity contribution in [2.75, 3.05) is 0 Å². The third-order valence-electron chi connectivity index (χ3n) is 3.44. The predicted octanol–water partition coefficient (Wildman–Crippen LogP) is 5.46. The van der Waals surface area contributed by atoms with E-state index in [0.717, 1.165) is 24.7 Å². The Balaban J connectivity index is 1.86. The fourth-order valence-electron chi connectivity index (χ4n) is 2.31. The maximum absolute atomic E-state index is 12.6. The van der Waals surface area contributed by atoms with Gasteiger partial charge in [0.25, 0.3) is 0 Å². The normalized spacial score (nSPS) is 12.2. The van der Waals surface area contributed by atoms with Gasteiger partial charge in [0, 0.05) is 11.9 Å². The molecule has 136 valence electrons. The average molecular weight is 372 g/mol. The van der Waals surface area contributed by atoms with Crippen LogP contribution in [0.2, 0.25) is 0 Å². The van der Waals surface area contributed by atoms with Crippen LogP contribution in [0.15, 0.2) is 61.1 Å². The fourth-order valence-corrected chi connectivity index (χ4v) is 2.31. The Hall–Kier alpha value is -2.97. The summed E-state index contributed by atoms with van der Waals surface area (Å²) in [6, 6.07) is 11.7. The number of imidazole rings is 1. The van der Waals surface area contributed by atoms with E-state index in [0.29, 0.717) is 16.8 Å². The van der Waals surface area contributed by atoms with Crippen molar-refractivity contribution in [2.24, 2.45) is 0 Å². The maximum Gasteiger partial charge on any atom is 0.573 e. The number of nitrogens with zero attached hydrogens (tertiary/aromatic N) is 2. The quantitative estimate of drug-likeness (QED) is 0.571. The van der Waals surface area contributed by atoms with Gasteiger partial charge in [-0.2, -0.15) is 13.2 Å². The van der Waals surface area contributed by atoms with Crippen LogP contribution in [0.5, 0.6) is 5.75 Å². The molecular weight excluding hydrogens is 362 g/mol. The van der Waals surface area contributed by atoms with Gasteiger partial charge >= 0.3 is 12.5 Å². The zero-order chi connectivity index (χ0) is 18.9. The summed E-state index contributed by atoms with van der Waals surface area (Å²) in [6.45, 7) is 0. The van der Waals surface area contributed by atoms with Crippen molar-refractivity contribution in [3.63, 3.8) is 0 Å². The van der Waals surface area contributed by atoms with Gasteiger partial charge in [-0.1, -0.05) is 24.3 Å². The molecule has 3 aromatic rings. The highest BCUT2D eigenvalue weighted by molar-refractivity contribution is 5.66. The maximum atomic E-state index is 12.6. The van der Waals surface area contributed by atoms with Crippen molar-refractivity contribution < 1.29 is 31.1 Å². The Morgan fingerprint density at radius 3 is 2.12 bits per heavy atom. The van der Waals surface area contributed by atoms with Crippen LogP contribution in [0.1, 0.15) is 5.69 Å². The number of alkyl halides is 6. The van der Waals surface area contributed by atoms with Gasteiger partial charge in [-0.05, 0) is 35.4 Å². The van der Waals surface area contributed by atoms with Crippen molar-refractivity contribution in [3.05, 3.63) is 66.7 Å². The van der Waals surface area contributed by atoms with Crippen LogP contribution in [-0.4, -0.2) is 15.9 Å². The minimum absolute atomic E-state index is 0.359. The third kappa shape index (κ3) is 4.16. The lowest BCUT2D eigenvalue weighted by molar-refractivity contribution is -0.274. The first-order valence-corrected chi connectivity index (χ1v) is 7.20. The zero-order valence-corrected chi connectivity index (χ0v) is 12.8. The summed E-state index contributed by atoms with van der Waals surface area (Å²) in [4.78, 5) is 3.33. The summed E-state index contributed by atoms with van der Waals surface area (Å²) in [5.41, 5.74) is 0.610. The molecule has 0 saturated heterocycles. The Labute approximate surface area is 143 Å². The Bertz CT molecular complexity index is 897. The highest BCUT2D eigenvalue weighted by Crippen LogP contribution is 2.30. The summed E-state index contributed by atoms with van der Waals surface area (Å²) in [6.07, 6.45) is -7.42. The molecule has 0 aliphatic carbocycles. The third-order valence-corrected chi connectivity index (χ3v) is 3.44. The van der Waals surface area contributed by atoms with Gasteiger partial charge in [0.2, 0.25) is 0 Å². The molecule has 0 unspecified atom stereocenters. The molecule has 9 heteroatoms. The second-order valence-electron chi connectivity index (χ2n) is 5.29. The summed E-state index contributed by atoms with van der Waals surface area (Å²) < 4.78 is 79.5. The lowest BCUT2D eigenvalue weighted by Crippen LogP contribution is -2.16. The van der Waals surface area contributed by atoms with Crippen LogP contribution in [0.3, 0.4) is 0 Å². The Morgan fingerprint density at radius 1 is 0.846 bits per heavy atom. The first kappa shape index (κ1) is 17.8. The van der Waals surface area contributed by atoms with Crippen LogP contribution < -0.4 is 4.74 Å². The van der Waals surface area contributed by atoms with Gasteiger partial charge in [-0.15, -0.1) is 13.2 Å². The van der Waals surface area contributed by atoms with E-state index in [4.69, 9.17) is 0 Å². The molecule has 0 aliphatic heterocycles. The molecule has 0 saturated carbocycles. The summed E-state index contributed by atoms with van der Waals surface area (Å²) in [7, 11) is 0. The molecule has 3 rings (SSSR count). The first-order valence-electron chi connectivity index (χ1n) is 7.20. The minimum Gasteiger partial charge on any atom is -0.406 e. The summed E-state index contributed by atoms with van der Waals surface area (Å²) >= 11 is 0. The molecule has 26 heavy (non-hydrogen) atoms. The lowest BCUT2D eigenvalue weighted by atomic mass is 10.0. The SMILES string of the molecule is FC(F)(F)Oc1ccc(-c2cccc(-n3cnc(C(F)(F)F)c3)c2)cc1. The van der Waals surface area contributed by atoms with E-state index < -0.39 is 18.2 Å². The first-order chi connectivity index (χ1) is 12.1. The Morgan fingerprint density at radius 2 is 1.54 bits per heavy atom. The molecule has 0 aliphatic rings. The summed E-state index contributed by atoms with van der Waals surface area (Å²) in [5.74, 6) is -0.359. The van der Waals surface area contributed by atoms with Crippen LogP contribution in [0.4, 0.5) is 26.3 Å². The van der Waals surface area contributed by atoms with E-state index in [9.17, 15) is 26.3 Å². The van der Waals surface area contributed by atoms with E-state index in [1.807, 2.05) is 0 Å². The minimum atomic E-state index is -4.78. The van der Waals surface area contributed by atoms with Gasteiger partial charge < -0.3 is 9.30 Å². The predicted molar refractivity (Wildman–Crippen MR) is 80.7 cm³/mol. The van der Waals surface area contributed by atoms with Crippen LogP contribution in [-0.2, 0) is 6.18 Å². The fraction of sp³-hybridized carbons (Fsp3) is 0.118. The molecule has 3 nitrogen and oxygen atoms in total. The van der Waals surface area contributed by atoms with E-state index in [-0.39, 0.29) is 5.75 Å². The van der Waals surface area contributed by atoms with Crippen molar-refractivity contribution >= 4 is 0 Å². The molecule has 1 heterocycles. The molecule has 0 spiro atoms. The molecule has 2 aromatic carbocycles. The smallest absolute Gasteiger partial charge is 0.406 e. The highest BCUT2D eigenvalue weighted by atomic mass is 19.4. The lowest BCUT2D eigenvalue weighted by Gasteiger charge is -2.10. The van der Waals surface area contributed by atoms with Crippen molar-refractivity contribution in [1.29, 1.82) is 0 Å². The standard InChI is InChI=1S/C17H10F6N2O/c18-16(19,20)15-9-25(10-24-15)13-3-1-2-12(8-13)11-4-6-14(7-5-11)26-17(21,22)23/h1-10H. The van der Waals surface area contributed by atoms with Crippen LogP contribution in [0, 0.1) is 0 Å². The Kier molecular flexibility index (Phi) is 4.39. The van der Waals surface area contributed by atoms with Crippen molar-refractivity contribution in [1.82, 2.24) is 9.55 Å². The zero-order valence-electron chi connectivity index (χ0n) is 12.8. The monoisotopic (exact) mass is 372 g/mol. The molecular formula is C17H10F6N2O. The molecule has 0 fully saturated rings. The van der Waals surface area contributed by atoms with Gasteiger partial charge in [0.1, 0.15) is 5.75 Å². The molecule has 0 N–H and O–H groups in total. The molecule has 0 radical (unpaired) electrons. The molecule has 0 atom stereocenters. The number of ether oxygens (including phenoxy) is 1. The van der Waals surface area contributed by atoms with Crippen LogP contribution >= 0.6 is 0 Å². The van der Waals surface area contributed by atoms with Crippen molar-refractivity contribution in [2.45, 2.75) is 12.5 Å². The largest absolute Gasteiger partial charge is 0.573 e. The van der Waals surface area contributed by atoms with Crippen molar-refractivity contribution in [3.8, 4) is 22.6 Å². The summed E-state index contributed by atoms with van der Waals surface area (Å²) in [5, 5.41) is 0. The van der Waals surface area contributed by atoms with Gasteiger partial charge in [-0.3, -0.25) is 0 Å².